The molecule has 0 spiro atoms. The van der Waals surface area contributed by atoms with Crippen LogP contribution in [0.4, 0.5) is 0 Å². The van der Waals surface area contributed by atoms with E-state index >= 15 is 0 Å². The van der Waals surface area contributed by atoms with Gasteiger partial charge < -0.3 is 20.1 Å². The molecule has 1 aromatic rings. The predicted molar refractivity (Wildman–Crippen MR) is 95.6 cm³/mol. The number of hydrogen-bond acceptors (Lipinski definition) is 4. The van der Waals surface area contributed by atoms with Gasteiger partial charge in [0.1, 0.15) is 11.4 Å². The number of rotatable bonds is 6. The van der Waals surface area contributed by atoms with Gasteiger partial charge in [-0.15, -0.1) is 12.4 Å². The first kappa shape index (κ1) is 19.0. The molecule has 1 saturated heterocycles. The molecule has 2 aliphatic rings. The zero-order valence-corrected chi connectivity index (χ0v) is 15.0. The van der Waals surface area contributed by atoms with Crippen LogP contribution >= 0.6 is 12.4 Å². The normalized spacial score (nSPS) is 19.7. The first-order chi connectivity index (χ1) is 11.2. The molecule has 1 amide bonds. The third kappa shape index (κ3) is 4.21. The average molecular weight is 355 g/mol. The Morgan fingerprint density at radius 2 is 2.00 bits per heavy atom. The predicted octanol–water partition coefficient (Wildman–Crippen LogP) is 2.42. The number of hydrogen-bond donors (Lipinski definition) is 2. The van der Waals surface area contributed by atoms with Crippen LogP contribution in [0.2, 0.25) is 0 Å². The highest BCUT2D eigenvalue weighted by Gasteiger charge is 2.39. The molecule has 0 atom stereocenters. The monoisotopic (exact) mass is 354 g/mol. The number of piperidine rings is 1. The van der Waals surface area contributed by atoms with Crippen molar-refractivity contribution in [3.8, 4) is 5.75 Å². The quantitative estimate of drug-likeness (QED) is 0.823. The number of benzene rings is 1. The Kier molecular flexibility index (Phi) is 6.90. The van der Waals surface area contributed by atoms with E-state index in [1.165, 1.54) is 6.42 Å². The minimum absolute atomic E-state index is 0. The van der Waals surface area contributed by atoms with E-state index in [2.05, 4.69) is 10.6 Å². The van der Waals surface area contributed by atoms with Crippen LogP contribution < -0.4 is 15.4 Å². The third-order valence-electron chi connectivity index (χ3n) is 4.97. The third-order valence-corrected chi connectivity index (χ3v) is 4.97. The molecular formula is C18H27ClN2O3. The summed E-state index contributed by atoms with van der Waals surface area (Å²) < 4.78 is 11.6. The second kappa shape index (κ2) is 8.70. The van der Waals surface area contributed by atoms with Crippen molar-refractivity contribution in [2.75, 3.05) is 20.2 Å². The molecule has 6 heteroatoms. The smallest absolute Gasteiger partial charge is 0.252 e. The number of carbonyl (C=O) groups is 1. The highest BCUT2D eigenvalue weighted by molar-refractivity contribution is 5.85. The molecule has 2 N–H and O–H groups in total. The largest absolute Gasteiger partial charge is 0.490 e. The summed E-state index contributed by atoms with van der Waals surface area (Å²) in [7, 11) is 1.62. The minimum atomic E-state index is -0.699. The van der Waals surface area contributed by atoms with Gasteiger partial charge in [-0.2, -0.15) is 0 Å². The van der Waals surface area contributed by atoms with Crippen LogP contribution in [0.1, 0.15) is 37.7 Å². The van der Waals surface area contributed by atoms with Gasteiger partial charge in [-0.25, -0.2) is 0 Å². The summed E-state index contributed by atoms with van der Waals surface area (Å²) in [6.07, 6.45) is 5.24. The molecule has 1 saturated carbocycles. The highest BCUT2D eigenvalue weighted by Crippen LogP contribution is 2.28. The van der Waals surface area contributed by atoms with Crippen molar-refractivity contribution in [2.24, 2.45) is 0 Å². The maximum Gasteiger partial charge on any atom is 0.252 e. The Morgan fingerprint density at radius 3 is 2.62 bits per heavy atom. The number of para-hydroxylation sites is 1. The fourth-order valence-corrected chi connectivity index (χ4v) is 3.12. The number of methoxy groups -OCH3 is 1. The van der Waals surface area contributed by atoms with E-state index in [0.29, 0.717) is 25.5 Å². The lowest BCUT2D eigenvalue weighted by Crippen LogP contribution is -2.53. The van der Waals surface area contributed by atoms with Gasteiger partial charge in [-0.1, -0.05) is 18.2 Å². The lowest BCUT2D eigenvalue weighted by Gasteiger charge is -2.35. The van der Waals surface area contributed by atoms with E-state index < -0.39 is 5.60 Å². The Labute approximate surface area is 149 Å². The summed E-state index contributed by atoms with van der Waals surface area (Å²) in [6.45, 7) is 2.09. The average Bonchev–Trinajstić information content (AvgIpc) is 2.57. The van der Waals surface area contributed by atoms with Crippen LogP contribution in [-0.2, 0) is 16.1 Å². The Hall–Kier alpha value is -1.30. The van der Waals surface area contributed by atoms with E-state index in [1.54, 1.807) is 7.11 Å². The van der Waals surface area contributed by atoms with Crippen LogP contribution in [0.5, 0.6) is 5.75 Å². The fraction of sp³-hybridized carbons (Fsp3) is 0.611. The van der Waals surface area contributed by atoms with Gasteiger partial charge >= 0.3 is 0 Å². The van der Waals surface area contributed by atoms with Crippen LogP contribution in [0.3, 0.4) is 0 Å². The van der Waals surface area contributed by atoms with Crippen molar-refractivity contribution in [3.63, 3.8) is 0 Å². The zero-order valence-electron chi connectivity index (χ0n) is 14.2. The summed E-state index contributed by atoms with van der Waals surface area (Å²) in [6, 6.07) is 7.95. The molecule has 24 heavy (non-hydrogen) atoms. The standard InChI is InChI=1S/C18H26N2O3.ClH/c1-22-18(9-11-19-12-10-18)17(21)20-13-14-5-2-3-8-16(14)23-15-6-4-7-15;/h2-3,5,8,15,19H,4,6-7,9-13H2,1H3,(H,20,21);1H. The summed E-state index contributed by atoms with van der Waals surface area (Å²) in [5, 5.41) is 6.30. The van der Waals surface area contributed by atoms with E-state index in [1.807, 2.05) is 24.3 Å². The van der Waals surface area contributed by atoms with E-state index in [9.17, 15) is 4.79 Å². The molecule has 2 fully saturated rings. The van der Waals surface area contributed by atoms with Gasteiger partial charge in [0.25, 0.3) is 5.91 Å². The van der Waals surface area contributed by atoms with Gasteiger partial charge in [0.15, 0.2) is 0 Å². The number of carbonyl (C=O) groups excluding carboxylic acids is 1. The Balaban J connectivity index is 0.00000208. The first-order valence-corrected chi connectivity index (χ1v) is 8.52. The van der Waals surface area contributed by atoms with Gasteiger partial charge in [0, 0.05) is 19.2 Å². The van der Waals surface area contributed by atoms with Crippen LogP contribution in [0.25, 0.3) is 0 Å². The minimum Gasteiger partial charge on any atom is -0.490 e. The van der Waals surface area contributed by atoms with Crippen molar-refractivity contribution >= 4 is 18.3 Å². The lowest BCUT2D eigenvalue weighted by atomic mass is 9.91. The molecule has 0 bridgehead atoms. The van der Waals surface area contributed by atoms with Gasteiger partial charge in [-0.05, 0) is 51.3 Å². The van der Waals surface area contributed by atoms with Crippen molar-refractivity contribution in [1.82, 2.24) is 10.6 Å². The summed E-state index contributed by atoms with van der Waals surface area (Å²) in [4.78, 5) is 12.6. The van der Waals surface area contributed by atoms with Crippen molar-refractivity contribution in [1.29, 1.82) is 0 Å². The van der Waals surface area contributed by atoms with Crippen molar-refractivity contribution < 1.29 is 14.3 Å². The summed E-state index contributed by atoms with van der Waals surface area (Å²) in [5.41, 5.74) is 0.322. The lowest BCUT2D eigenvalue weighted by molar-refractivity contribution is -0.146. The van der Waals surface area contributed by atoms with Crippen LogP contribution in [-0.4, -0.2) is 37.8 Å². The van der Waals surface area contributed by atoms with Crippen molar-refractivity contribution in [3.05, 3.63) is 29.8 Å². The SMILES string of the molecule is COC1(C(=O)NCc2ccccc2OC2CCC2)CCNCC1.Cl. The van der Waals surface area contributed by atoms with Gasteiger partial charge in [0.05, 0.1) is 6.10 Å². The number of amides is 1. The molecule has 1 aliphatic heterocycles. The number of halogens is 1. The molecule has 0 unspecified atom stereocenters. The second-order valence-electron chi connectivity index (χ2n) is 6.41. The van der Waals surface area contributed by atoms with E-state index in [0.717, 1.165) is 37.2 Å². The Morgan fingerprint density at radius 1 is 1.29 bits per heavy atom. The van der Waals surface area contributed by atoms with E-state index in [4.69, 9.17) is 9.47 Å². The van der Waals surface area contributed by atoms with Crippen molar-refractivity contribution in [2.45, 2.75) is 50.4 Å². The molecule has 0 radical (unpaired) electrons. The fourth-order valence-electron chi connectivity index (χ4n) is 3.12. The van der Waals surface area contributed by atoms with Gasteiger partial charge in [0.2, 0.25) is 0 Å². The maximum atomic E-state index is 12.6. The highest BCUT2D eigenvalue weighted by atomic mass is 35.5. The molecule has 134 valence electrons. The number of nitrogens with one attached hydrogen (secondary N) is 2. The molecular weight excluding hydrogens is 328 g/mol. The molecule has 1 heterocycles. The van der Waals surface area contributed by atoms with Crippen LogP contribution in [0, 0.1) is 0 Å². The summed E-state index contributed by atoms with van der Waals surface area (Å²) >= 11 is 0. The molecule has 1 aromatic carbocycles. The maximum absolute atomic E-state index is 12.6. The first-order valence-electron chi connectivity index (χ1n) is 8.52. The molecule has 1 aliphatic carbocycles. The van der Waals surface area contributed by atoms with Gasteiger partial charge in [-0.3, -0.25) is 4.79 Å². The zero-order chi connectivity index (χ0) is 16.1. The summed E-state index contributed by atoms with van der Waals surface area (Å²) in [5.74, 6) is 0.856. The number of ether oxygens (including phenoxy) is 2. The topological polar surface area (TPSA) is 59.6 Å². The second-order valence-corrected chi connectivity index (χ2v) is 6.41. The molecule has 0 aromatic heterocycles. The van der Waals surface area contributed by atoms with Crippen LogP contribution in [0.15, 0.2) is 24.3 Å². The molecule has 5 nitrogen and oxygen atoms in total. The molecule has 3 rings (SSSR count). The van der Waals surface area contributed by atoms with E-state index in [-0.39, 0.29) is 18.3 Å². The Bertz CT molecular complexity index is 543.